The van der Waals surface area contributed by atoms with Gasteiger partial charge in [0, 0.05) is 18.1 Å². The van der Waals surface area contributed by atoms with Crippen molar-refractivity contribution in [3.63, 3.8) is 0 Å². The Kier molecular flexibility index (Phi) is 8.05. The number of nitrogens with one attached hydrogen (secondary N) is 1. The minimum Gasteiger partial charge on any atom is -0.481 e. The van der Waals surface area contributed by atoms with Gasteiger partial charge >= 0.3 is 0 Å². The second-order valence-electron chi connectivity index (χ2n) is 6.78. The summed E-state index contributed by atoms with van der Waals surface area (Å²) in [7, 11) is 0. The zero-order valence-corrected chi connectivity index (χ0v) is 16.9. The van der Waals surface area contributed by atoms with Gasteiger partial charge in [-0.3, -0.25) is 4.79 Å². The van der Waals surface area contributed by atoms with Crippen LogP contribution in [-0.2, 0) is 10.5 Å². The predicted molar refractivity (Wildman–Crippen MR) is 111 cm³/mol. The molecule has 0 aliphatic heterocycles. The molecule has 0 unspecified atom stereocenters. The maximum Gasteiger partial charge on any atom is 0.260 e. The number of carbonyl (C=O) groups excluding carboxylic acids is 1. The van der Waals surface area contributed by atoms with Crippen molar-refractivity contribution in [3.8, 4) is 5.75 Å². The molecule has 3 nitrogen and oxygen atoms in total. The van der Waals surface area contributed by atoms with Crippen LogP contribution in [0.15, 0.2) is 48.5 Å². The van der Waals surface area contributed by atoms with Gasteiger partial charge in [0.15, 0.2) is 6.10 Å². The molecule has 2 aromatic rings. The third kappa shape index (κ3) is 6.41. The summed E-state index contributed by atoms with van der Waals surface area (Å²) in [4.78, 5) is 12.3. The molecular weight excluding hydrogens is 342 g/mol. The van der Waals surface area contributed by atoms with Crippen molar-refractivity contribution in [2.24, 2.45) is 0 Å². The molecule has 140 valence electrons. The van der Waals surface area contributed by atoms with Crippen molar-refractivity contribution in [1.29, 1.82) is 0 Å². The van der Waals surface area contributed by atoms with Gasteiger partial charge in [-0.2, -0.15) is 11.8 Å². The average molecular weight is 372 g/mol. The largest absolute Gasteiger partial charge is 0.481 e. The monoisotopic (exact) mass is 371 g/mol. The lowest BCUT2D eigenvalue weighted by atomic mass is 10.0. The molecule has 1 N–H and O–H groups in total. The molecule has 0 fully saturated rings. The molecule has 26 heavy (non-hydrogen) atoms. The van der Waals surface area contributed by atoms with Gasteiger partial charge in [0.25, 0.3) is 5.91 Å². The minimum absolute atomic E-state index is 0.0699. The van der Waals surface area contributed by atoms with Crippen LogP contribution in [0.5, 0.6) is 5.75 Å². The van der Waals surface area contributed by atoms with E-state index in [0.717, 1.165) is 22.8 Å². The maximum atomic E-state index is 12.3. The minimum atomic E-state index is -0.503. The van der Waals surface area contributed by atoms with E-state index in [1.54, 1.807) is 6.92 Å². The zero-order chi connectivity index (χ0) is 18.9. The zero-order valence-electron chi connectivity index (χ0n) is 16.1. The Morgan fingerprint density at radius 3 is 2.46 bits per heavy atom. The third-order valence-electron chi connectivity index (χ3n) is 4.15. The standard InChI is InChI=1S/C22H29NO2S/c1-16(2)20-7-5-6-8-21(20)25-18(4)22(24)23-13-14-26-15-19-11-9-17(3)10-12-19/h5-12,16,18H,13-15H2,1-4H3,(H,23,24)/t18-/m0/s1. The highest BCUT2D eigenvalue weighted by Gasteiger charge is 2.16. The molecular formula is C22H29NO2S. The molecule has 4 heteroatoms. The molecule has 0 spiro atoms. The number of rotatable bonds is 9. The van der Waals surface area contributed by atoms with E-state index < -0.39 is 6.10 Å². The van der Waals surface area contributed by atoms with Gasteiger partial charge in [-0.05, 0) is 37.0 Å². The van der Waals surface area contributed by atoms with E-state index in [1.807, 2.05) is 36.0 Å². The lowest BCUT2D eigenvalue weighted by Crippen LogP contribution is -2.37. The molecule has 1 amide bonds. The fraction of sp³-hybridized carbons (Fsp3) is 0.409. The summed E-state index contributed by atoms with van der Waals surface area (Å²) in [6, 6.07) is 16.5. The number of carbonyl (C=O) groups is 1. The van der Waals surface area contributed by atoms with E-state index in [9.17, 15) is 4.79 Å². The normalized spacial score (nSPS) is 12.0. The molecule has 0 aliphatic carbocycles. The van der Waals surface area contributed by atoms with Crippen LogP contribution in [0.1, 0.15) is 43.4 Å². The third-order valence-corrected chi connectivity index (χ3v) is 5.18. The van der Waals surface area contributed by atoms with Gasteiger partial charge in [-0.1, -0.05) is 61.9 Å². The molecule has 0 aliphatic rings. The molecule has 0 saturated carbocycles. The molecule has 2 aromatic carbocycles. The fourth-order valence-electron chi connectivity index (χ4n) is 2.57. The van der Waals surface area contributed by atoms with E-state index in [4.69, 9.17) is 4.74 Å². The number of ether oxygens (including phenoxy) is 1. The topological polar surface area (TPSA) is 38.3 Å². The molecule has 0 aromatic heterocycles. The average Bonchev–Trinajstić information content (AvgIpc) is 2.63. The van der Waals surface area contributed by atoms with Crippen LogP contribution in [0.4, 0.5) is 0 Å². The molecule has 0 heterocycles. The van der Waals surface area contributed by atoms with Gasteiger partial charge in [0.1, 0.15) is 5.75 Å². The summed E-state index contributed by atoms with van der Waals surface area (Å²) < 4.78 is 5.89. The van der Waals surface area contributed by atoms with E-state index in [-0.39, 0.29) is 5.91 Å². The van der Waals surface area contributed by atoms with Crippen molar-refractivity contribution < 1.29 is 9.53 Å². The van der Waals surface area contributed by atoms with Gasteiger partial charge in [0.2, 0.25) is 0 Å². The molecule has 0 saturated heterocycles. The van der Waals surface area contributed by atoms with Crippen LogP contribution in [0.25, 0.3) is 0 Å². The van der Waals surface area contributed by atoms with Crippen molar-refractivity contribution >= 4 is 17.7 Å². The predicted octanol–water partition coefficient (Wildman–Crippen LogP) is 4.94. The van der Waals surface area contributed by atoms with Crippen LogP contribution in [0, 0.1) is 6.92 Å². The SMILES string of the molecule is Cc1ccc(CSCCNC(=O)[C@H](C)Oc2ccccc2C(C)C)cc1. The smallest absolute Gasteiger partial charge is 0.260 e. The number of aryl methyl sites for hydroxylation is 1. The van der Waals surface area contributed by atoms with Crippen LogP contribution in [0.3, 0.4) is 0 Å². The van der Waals surface area contributed by atoms with Crippen LogP contribution in [-0.4, -0.2) is 24.3 Å². The van der Waals surface area contributed by atoms with Crippen molar-refractivity contribution in [3.05, 3.63) is 65.2 Å². The summed E-state index contributed by atoms with van der Waals surface area (Å²) in [6.45, 7) is 8.78. The first-order chi connectivity index (χ1) is 12.5. The van der Waals surface area contributed by atoms with Gasteiger partial charge in [-0.25, -0.2) is 0 Å². The number of para-hydroxylation sites is 1. The van der Waals surface area contributed by atoms with Crippen molar-refractivity contribution in [1.82, 2.24) is 5.32 Å². The number of benzene rings is 2. The quantitative estimate of drug-likeness (QED) is 0.635. The molecule has 0 radical (unpaired) electrons. The van der Waals surface area contributed by atoms with Crippen LogP contribution in [0.2, 0.25) is 0 Å². The number of hydrogen-bond acceptors (Lipinski definition) is 3. The summed E-state index contributed by atoms with van der Waals surface area (Å²) in [5, 5.41) is 2.96. The highest BCUT2D eigenvalue weighted by molar-refractivity contribution is 7.98. The Bertz CT molecular complexity index is 698. The van der Waals surface area contributed by atoms with Gasteiger partial charge in [-0.15, -0.1) is 0 Å². The lowest BCUT2D eigenvalue weighted by Gasteiger charge is -2.18. The molecule has 2 rings (SSSR count). The Hall–Kier alpha value is -1.94. The van der Waals surface area contributed by atoms with Crippen LogP contribution >= 0.6 is 11.8 Å². The van der Waals surface area contributed by atoms with E-state index in [1.165, 1.54) is 11.1 Å². The van der Waals surface area contributed by atoms with Crippen LogP contribution < -0.4 is 10.1 Å². The highest BCUT2D eigenvalue weighted by atomic mass is 32.2. The van der Waals surface area contributed by atoms with E-state index in [0.29, 0.717) is 12.5 Å². The first-order valence-corrected chi connectivity index (χ1v) is 10.3. The molecule has 1 atom stereocenters. The Morgan fingerprint density at radius 1 is 1.08 bits per heavy atom. The van der Waals surface area contributed by atoms with Crippen molar-refractivity contribution in [2.75, 3.05) is 12.3 Å². The first-order valence-electron chi connectivity index (χ1n) is 9.14. The van der Waals surface area contributed by atoms with E-state index >= 15 is 0 Å². The van der Waals surface area contributed by atoms with E-state index in [2.05, 4.69) is 50.4 Å². The summed E-state index contributed by atoms with van der Waals surface area (Å²) in [5.41, 5.74) is 3.72. The number of amides is 1. The Morgan fingerprint density at radius 2 is 1.77 bits per heavy atom. The van der Waals surface area contributed by atoms with Gasteiger partial charge < -0.3 is 10.1 Å². The Balaban J connectivity index is 1.71. The number of thioether (sulfide) groups is 1. The summed E-state index contributed by atoms with van der Waals surface area (Å²) in [5.74, 6) is 2.93. The maximum absolute atomic E-state index is 12.3. The number of hydrogen-bond donors (Lipinski definition) is 1. The molecule has 0 bridgehead atoms. The first kappa shape index (κ1) is 20.4. The van der Waals surface area contributed by atoms with Gasteiger partial charge in [0.05, 0.1) is 0 Å². The summed E-state index contributed by atoms with van der Waals surface area (Å²) in [6.07, 6.45) is -0.503. The lowest BCUT2D eigenvalue weighted by molar-refractivity contribution is -0.127. The Labute approximate surface area is 161 Å². The second-order valence-corrected chi connectivity index (χ2v) is 7.89. The fourth-order valence-corrected chi connectivity index (χ4v) is 3.39. The van der Waals surface area contributed by atoms with Crippen molar-refractivity contribution in [2.45, 2.75) is 45.5 Å². The summed E-state index contributed by atoms with van der Waals surface area (Å²) >= 11 is 1.82. The highest BCUT2D eigenvalue weighted by Crippen LogP contribution is 2.26. The second kappa shape index (κ2) is 10.3.